The molecular weight excluding hydrogens is 284 g/mol. The molecule has 1 aromatic carbocycles. The van der Waals surface area contributed by atoms with Gasteiger partial charge in [0, 0.05) is 22.7 Å². The van der Waals surface area contributed by atoms with E-state index in [0.29, 0.717) is 24.0 Å². The summed E-state index contributed by atoms with van der Waals surface area (Å²) >= 11 is 1.68. The fraction of sp³-hybridized carbons (Fsp3) is 0.312. The number of hydrogen-bond donors (Lipinski definition) is 1. The monoisotopic (exact) mass is 302 g/mol. The van der Waals surface area contributed by atoms with Crippen LogP contribution < -0.4 is 10.5 Å². The number of rotatable bonds is 6. The predicted molar refractivity (Wildman–Crippen MR) is 84.2 cm³/mol. The maximum Gasteiger partial charge on any atom is 0.261 e. The van der Waals surface area contributed by atoms with Gasteiger partial charge in [0.2, 0.25) is 0 Å². The van der Waals surface area contributed by atoms with Crippen LogP contribution in [0.15, 0.2) is 41.8 Å². The second-order valence-electron chi connectivity index (χ2n) is 5.19. The average molecular weight is 302 g/mol. The molecule has 1 aliphatic carbocycles. The van der Waals surface area contributed by atoms with Crippen molar-refractivity contribution in [2.75, 3.05) is 12.3 Å². The van der Waals surface area contributed by atoms with E-state index in [0.717, 1.165) is 12.8 Å². The summed E-state index contributed by atoms with van der Waals surface area (Å²) in [4.78, 5) is 15.5. The first-order chi connectivity index (χ1) is 10.2. The van der Waals surface area contributed by atoms with Crippen LogP contribution in [0.1, 0.15) is 17.7 Å². The summed E-state index contributed by atoms with van der Waals surface area (Å²) in [5.74, 6) is 0.670. The van der Waals surface area contributed by atoms with Crippen molar-refractivity contribution in [3.63, 3.8) is 0 Å². The number of amides is 1. The van der Waals surface area contributed by atoms with Gasteiger partial charge in [0.05, 0.1) is 6.54 Å². The fourth-order valence-corrected chi connectivity index (χ4v) is 2.91. The van der Waals surface area contributed by atoms with Crippen LogP contribution in [0, 0.1) is 0 Å². The highest BCUT2D eigenvalue weighted by Gasteiger charge is 2.32. The van der Waals surface area contributed by atoms with Crippen molar-refractivity contribution >= 4 is 22.9 Å². The maximum absolute atomic E-state index is 12.4. The smallest absolute Gasteiger partial charge is 0.261 e. The molecule has 0 radical (unpaired) electrons. The van der Waals surface area contributed by atoms with Crippen molar-refractivity contribution in [3.8, 4) is 5.75 Å². The molecule has 4 nitrogen and oxygen atoms in total. The van der Waals surface area contributed by atoms with Gasteiger partial charge in [-0.25, -0.2) is 0 Å². The Morgan fingerprint density at radius 2 is 2.19 bits per heavy atom. The van der Waals surface area contributed by atoms with Gasteiger partial charge in [-0.2, -0.15) is 0 Å². The highest BCUT2D eigenvalue weighted by Crippen LogP contribution is 2.29. The van der Waals surface area contributed by atoms with Gasteiger partial charge in [-0.1, -0.05) is 12.1 Å². The molecule has 1 aliphatic rings. The van der Waals surface area contributed by atoms with Crippen molar-refractivity contribution in [1.82, 2.24) is 4.90 Å². The average Bonchev–Trinajstić information content (AvgIpc) is 3.19. The number of benzene rings is 1. The molecule has 3 rings (SSSR count). The lowest BCUT2D eigenvalue weighted by molar-refractivity contribution is -0.134. The van der Waals surface area contributed by atoms with Crippen molar-refractivity contribution in [2.24, 2.45) is 0 Å². The Labute approximate surface area is 128 Å². The Morgan fingerprint density at radius 1 is 1.33 bits per heavy atom. The summed E-state index contributed by atoms with van der Waals surface area (Å²) in [7, 11) is 0. The van der Waals surface area contributed by atoms with Crippen LogP contribution in [-0.2, 0) is 11.3 Å². The van der Waals surface area contributed by atoms with E-state index in [1.165, 1.54) is 4.88 Å². The number of carbonyl (C=O) groups is 1. The molecule has 21 heavy (non-hydrogen) atoms. The summed E-state index contributed by atoms with van der Waals surface area (Å²) in [6.45, 7) is 0.743. The molecule has 0 unspecified atom stereocenters. The van der Waals surface area contributed by atoms with E-state index in [9.17, 15) is 4.79 Å². The van der Waals surface area contributed by atoms with E-state index in [1.54, 1.807) is 23.5 Å². The first-order valence-corrected chi connectivity index (χ1v) is 7.90. The van der Waals surface area contributed by atoms with E-state index in [1.807, 2.05) is 28.5 Å². The van der Waals surface area contributed by atoms with E-state index >= 15 is 0 Å². The Hall–Kier alpha value is -2.01. The van der Waals surface area contributed by atoms with Crippen LogP contribution in [0.5, 0.6) is 5.75 Å². The molecule has 1 saturated carbocycles. The molecule has 1 fully saturated rings. The molecule has 0 aliphatic heterocycles. The standard InChI is InChI=1S/C16H18N2O2S/c17-12-3-1-4-14(9-12)20-11-16(19)18(13-6-7-13)10-15-5-2-8-21-15/h1-5,8-9,13H,6-7,10-11,17H2. The molecule has 0 spiro atoms. The van der Waals surface area contributed by atoms with Gasteiger partial charge in [-0.05, 0) is 36.4 Å². The Morgan fingerprint density at radius 3 is 2.86 bits per heavy atom. The van der Waals surface area contributed by atoms with Crippen LogP contribution in [0.25, 0.3) is 0 Å². The largest absolute Gasteiger partial charge is 0.484 e. The minimum Gasteiger partial charge on any atom is -0.484 e. The van der Waals surface area contributed by atoms with Crippen molar-refractivity contribution in [2.45, 2.75) is 25.4 Å². The predicted octanol–water partition coefficient (Wildman–Crippen LogP) is 2.90. The zero-order chi connectivity index (χ0) is 14.7. The molecule has 2 N–H and O–H groups in total. The number of hydrogen-bond acceptors (Lipinski definition) is 4. The summed E-state index contributed by atoms with van der Waals surface area (Å²) < 4.78 is 5.56. The minimum atomic E-state index is 0.0355. The lowest BCUT2D eigenvalue weighted by atomic mass is 10.3. The third kappa shape index (κ3) is 3.76. The molecule has 0 saturated heterocycles. The molecule has 0 atom stereocenters. The molecule has 1 heterocycles. The van der Waals surface area contributed by atoms with Gasteiger partial charge in [-0.3, -0.25) is 4.79 Å². The second kappa shape index (κ2) is 6.18. The van der Waals surface area contributed by atoms with Crippen LogP contribution >= 0.6 is 11.3 Å². The number of thiophene rings is 1. The van der Waals surface area contributed by atoms with Gasteiger partial charge < -0.3 is 15.4 Å². The molecular formula is C16H18N2O2S. The van der Waals surface area contributed by atoms with Gasteiger partial charge in [0.25, 0.3) is 5.91 Å². The quantitative estimate of drug-likeness (QED) is 0.835. The van der Waals surface area contributed by atoms with E-state index in [-0.39, 0.29) is 12.5 Å². The van der Waals surface area contributed by atoms with Gasteiger partial charge in [-0.15, -0.1) is 11.3 Å². The van der Waals surface area contributed by atoms with E-state index < -0.39 is 0 Å². The molecule has 110 valence electrons. The van der Waals surface area contributed by atoms with Gasteiger partial charge >= 0.3 is 0 Å². The topological polar surface area (TPSA) is 55.6 Å². The van der Waals surface area contributed by atoms with Crippen LogP contribution in [0.3, 0.4) is 0 Å². The minimum absolute atomic E-state index is 0.0355. The third-order valence-electron chi connectivity index (χ3n) is 3.43. The third-order valence-corrected chi connectivity index (χ3v) is 4.30. The molecule has 2 aromatic rings. The summed E-state index contributed by atoms with van der Waals surface area (Å²) in [5, 5.41) is 2.04. The van der Waals surface area contributed by atoms with Crippen molar-refractivity contribution < 1.29 is 9.53 Å². The van der Waals surface area contributed by atoms with Crippen LogP contribution in [0.4, 0.5) is 5.69 Å². The van der Waals surface area contributed by atoms with Crippen LogP contribution in [0.2, 0.25) is 0 Å². The number of anilines is 1. The SMILES string of the molecule is Nc1cccc(OCC(=O)N(Cc2cccs2)C2CC2)c1. The zero-order valence-corrected chi connectivity index (χ0v) is 12.5. The Kier molecular flexibility index (Phi) is 4.10. The molecule has 1 amide bonds. The normalized spacial score (nSPS) is 13.9. The summed E-state index contributed by atoms with van der Waals surface area (Å²) in [6.07, 6.45) is 2.19. The zero-order valence-electron chi connectivity index (χ0n) is 11.7. The fourth-order valence-electron chi connectivity index (χ4n) is 2.21. The number of nitrogens with zero attached hydrogens (tertiary/aromatic N) is 1. The summed E-state index contributed by atoms with van der Waals surface area (Å²) in [6, 6.07) is 11.6. The van der Waals surface area contributed by atoms with Gasteiger partial charge in [0.15, 0.2) is 6.61 Å². The number of carbonyl (C=O) groups excluding carboxylic acids is 1. The molecule has 0 bridgehead atoms. The van der Waals surface area contributed by atoms with Crippen molar-refractivity contribution in [3.05, 3.63) is 46.7 Å². The Bertz CT molecular complexity index is 608. The maximum atomic E-state index is 12.4. The highest BCUT2D eigenvalue weighted by molar-refractivity contribution is 7.09. The molecule has 5 heteroatoms. The van der Waals surface area contributed by atoms with E-state index in [4.69, 9.17) is 10.5 Å². The first kappa shape index (κ1) is 13.9. The highest BCUT2D eigenvalue weighted by atomic mass is 32.1. The number of ether oxygens (including phenoxy) is 1. The lowest BCUT2D eigenvalue weighted by Crippen LogP contribution is -2.36. The first-order valence-electron chi connectivity index (χ1n) is 7.02. The lowest BCUT2D eigenvalue weighted by Gasteiger charge is -2.22. The van der Waals surface area contributed by atoms with Crippen LogP contribution in [-0.4, -0.2) is 23.5 Å². The van der Waals surface area contributed by atoms with Gasteiger partial charge in [0.1, 0.15) is 5.75 Å². The van der Waals surface area contributed by atoms with Crippen molar-refractivity contribution in [1.29, 1.82) is 0 Å². The summed E-state index contributed by atoms with van der Waals surface area (Å²) in [5.41, 5.74) is 6.34. The molecule has 1 aromatic heterocycles. The Balaban J connectivity index is 1.59. The number of nitrogens with two attached hydrogens (primary N) is 1. The second-order valence-corrected chi connectivity index (χ2v) is 6.23. The van der Waals surface area contributed by atoms with E-state index in [2.05, 4.69) is 6.07 Å². The number of nitrogen functional groups attached to an aromatic ring is 1.